The zero-order chi connectivity index (χ0) is 14.0. The van der Waals surface area contributed by atoms with E-state index < -0.39 is 19.7 Å². The van der Waals surface area contributed by atoms with Crippen molar-refractivity contribution in [3.8, 4) is 0 Å². The van der Waals surface area contributed by atoms with Gasteiger partial charge in [0.15, 0.2) is 19.7 Å². The summed E-state index contributed by atoms with van der Waals surface area (Å²) in [5.41, 5.74) is 2.85. The van der Waals surface area contributed by atoms with E-state index >= 15 is 0 Å². The molecular formula is C10H15NO5S2. The van der Waals surface area contributed by atoms with Crippen LogP contribution in [0.1, 0.15) is 5.56 Å². The molecule has 0 fully saturated rings. The topological polar surface area (TPSA) is 89.5 Å². The number of hydrogen-bond donors (Lipinski definition) is 1. The van der Waals surface area contributed by atoms with E-state index in [1.165, 1.54) is 25.3 Å². The maximum atomic E-state index is 11.8. The van der Waals surface area contributed by atoms with Crippen molar-refractivity contribution >= 4 is 19.7 Å². The molecule has 0 radical (unpaired) electrons. The van der Waals surface area contributed by atoms with Crippen LogP contribution in [0.25, 0.3) is 0 Å². The van der Waals surface area contributed by atoms with Crippen LogP contribution in [0.3, 0.4) is 0 Å². The summed E-state index contributed by atoms with van der Waals surface area (Å²) in [5, 5.41) is 0. The maximum absolute atomic E-state index is 11.8. The van der Waals surface area contributed by atoms with Crippen molar-refractivity contribution in [3.63, 3.8) is 0 Å². The van der Waals surface area contributed by atoms with E-state index in [1.54, 1.807) is 0 Å². The van der Waals surface area contributed by atoms with Crippen LogP contribution in [-0.4, -0.2) is 36.5 Å². The molecule has 1 aromatic carbocycles. The van der Waals surface area contributed by atoms with Crippen LogP contribution in [0, 0.1) is 0 Å². The summed E-state index contributed by atoms with van der Waals surface area (Å²) >= 11 is 0. The molecule has 1 N–H and O–H groups in total. The Labute approximate surface area is 107 Å². The molecule has 102 valence electrons. The third-order valence-electron chi connectivity index (χ3n) is 2.24. The molecule has 0 unspecified atom stereocenters. The molecule has 0 bridgehead atoms. The second-order valence-electron chi connectivity index (χ2n) is 3.81. The van der Waals surface area contributed by atoms with Gasteiger partial charge in [-0.3, -0.25) is 0 Å². The summed E-state index contributed by atoms with van der Waals surface area (Å²) in [7, 11) is -5.87. The molecule has 0 aliphatic heterocycles. The van der Waals surface area contributed by atoms with E-state index in [4.69, 9.17) is 0 Å². The summed E-state index contributed by atoms with van der Waals surface area (Å²) in [4.78, 5) is 4.27. The number of rotatable bonds is 5. The first-order valence-corrected chi connectivity index (χ1v) is 8.74. The van der Waals surface area contributed by atoms with Crippen molar-refractivity contribution in [2.24, 2.45) is 0 Å². The highest BCUT2D eigenvalue weighted by Crippen LogP contribution is 2.25. The van der Waals surface area contributed by atoms with Crippen molar-refractivity contribution < 1.29 is 21.7 Å². The lowest BCUT2D eigenvalue weighted by atomic mass is 10.2. The summed E-state index contributed by atoms with van der Waals surface area (Å²) in [6.45, 7) is 0.0995. The van der Waals surface area contributed by atoms with Gasteiger partial charge < -0.3 is 4.84 Å². The Kier molecular flexibility index (Phi) is 4.49. The van der Waals surface area contributed by atoms with Crippen molar-refractivity contribution in [1.29, 1.82) is 0 Å². The predicted octanol–water partition coefficient (Wildman–Crippen LogP) is 0.145. The molecule has 0 saturated carbocycles. The van der Waals surface area contributed by atoms with E-state index in [9.17, 15) is 16.8 Å². The van der Waals surface area contributed by atoms with E-state index in [2.05, 4.69) is 10.3 Å². The van der Waals surface area contributed by atoms with Gasteiger partial charge >= 0.3 is 0 Å². The van der Waals surface area contributed by atoms with E-state index in [0.717, 1.165) is 12.5 Å². The summed E-state index contributed by atoms with van der Waals surface area (Å²) < 4.78 is 46.7. The fraction of sp³-hybridized carbons (Fsp3) is 0.400. The van der Waals surface area contributed by atoms with Gasteiger partial charge in [0.05, 0.1) is 16.9 Å². The van der Waals surface area contributed by atoms with Gasteiger partial charge in [-0.25, -0.2) is 16.8 Å². The average Bonchev–Trinajstić information content (AvgIpc) is 2.23. The second kappa shape index (κ2) is 5.35. The van der Waals surface area contributed by atoms with Crippen LogP contribution in [-0.2, 0) is 31.1 Å². The minimum Gasteiger partial charge on any atom is -0.305 e. The second-order valence-corrected chi connectivity index (χ2v) is 7.75. The lowest BCUT2D eigenvalue weighted by molar-refractivity contribution is 0.0861. The summed E-state index contributed by atoms with van der Waals surface area (Å²) in [5.74, 6) is 0. The minimum atomic E-state index is -3.65. The van der Waals surface area contributed by atoms with Crippen molar-refractivity contribution in [1.82, 2.24) is 5.48 Å². The first-order chi connectivity index (χ1) is 8.18. The Hall–Kier alpha value is -0.960. The lowest BCUT2D eigenvalue weighted by Gasteiger charge is -2.12. The molecule has 6 nitrogen and oxygen atoms in total. The van der Waals surface area contributed by atoms with E-state index in [0.29, 0.717) is 5.56 Å². The highest BCUT2D eigenvalue weighted by atomic mass is 32.2. The lowest BCUT2D eigenvalue weighted by Crippen LogP contribution is -2.16. The van der Waals surface area contributed by atoms with Crippen LogP contribution in [0.4, 0.5) is 0 Å². The molecule has 8 heteroatoms. The molecular weight excluding hydrogens is 278 g/mol. The van der Waals surface area contributed by atoms with Crippen LogP contribution < -0.4 is 5.48 Å². The molecule has 1 rings (SSSR count). The minimum absolute atomic E-state index is 0.0995. The van der Waals surface area contributed by atoms with Crippen LogP contribution in [0.5, 0.6) is 0 Å². The number of sulfone groups is 2. The number of hydroxylamine groups is 1. The summed E-state index contributed by atoms with van der Waals surface area (Å²) in [6, 6.07) is 4.32. The highest BCUT2D eigenvalue weighted by molar-refractivity contribution is 7.93. The standard InChI is InChI=1S/C10H15NO5S2/c1-16-11-7-8-5-4-6-9(17(2,12)13)10(8)18(3,14)15/h4-6,11H,7H2,1-3H3. The third kappa shape index (κ3) is 3.52. The Morgan fingerprint density at radius 1 is 1.11 bits per heavy atom. The first kappa shape index (κ1) is 15.1. The van der Waals surface area contributed by atoms with Gasteiger partial charge in [-0.2, -0.15) is 5.48 Å². The highest BCUT2D eigenvalue weighted by Gasteiger charge is 2.23. The van der Waals surface area contributed by atoms with E-state index in [-0.39, 0.29) is 16.3 Å². The first-order valence-electron chi connectivity index (χ1n) is 4.95. The van der Waals surface area contributed by atoms with Crippen molar-refractivity contribution in [2.75, 3.05) is 19.6 Å². The monoisotopic (exact) mass is 293 g/mol. The summed E-state index contributed by atoms with van der Waals surface area (Å²) in [6.07, 6.45) is 1.96. The third-order valence-corrected chi connectivity index (χ3v) is 4.73. The maximum Gasteiger partial charge on any atom is 0.177 e. The predicted molar refractivity (Wildman–Crippen MR) is 66.5 cm³/mol. The molecule has 18 heavy (non-hydrogen) atoms. The van der Waals surface area contributed by atoms with Crippen LogP contribution in [0.15, 0.2) is 28.0 Å². The van der Waals surface area contributed by atoms with Crippen molar-refractivity contribution in [2.45, 2.75) is 16.3 Å². The van der Waals surface area contributed by atoms with Crippen LogP contribution >= 0.6 is 0 Å². The average molecular weight is 293 g/mol. The van der Waals surface area contributed by atoms with Crippen molar-refractivity contribution in [3.05, 3.63) is 23.8 Å². The largest absolute Gasteiger partial charge is 0.305 e. The molecule has 0 amide bonds. The molecule has 0 aliphatic carbocycles. The zero-order valence-corrected chi connectivity index (χ0v) is 11.9. The smallest absolute Gasteiger partial charge is 0.177 e. The van der Waals surface area contributed by atoms with E-state index in [1.807, 2.05) is 0 Å². The molecule has 0 spiro atoms. The number of benzene rings is 1. The molecule has 1 aromatic rings. The van der Waals surface area contributed by atoms with Gasteiger partial charge in [0.1, 0.15) is 0 Å². The molecule has 0 aliphatic rings. The molecule has 0 heterocycles. The zero-order valence-electron chi connectivity index (χ0n) is 10.3. The van der Waals surface area contributed by atoms with Gasteiger partial charge in [-0.15, -0.1) is 0 Å². The van der Waals surface area contributed by atoms with Gasteiger partial charge in [-0.1, -0.05) is 12.1 Å². The fourth-order valence-corrected chi connectivity index (χ4v) is 4.32. The Bertz CT molecular complexity index is 634. The Morgan fingerprint density at radius 2 is 1.72 bits per heavy atom. The number of nitrogens with one attached hydrogen (secondary N) is 1. The molecule has 0 atom stereocenters. The normalized spacial score (nSPS) is 12.6. The van der Waals surface area contributed by atoms with Gasteiger partial charge in [-0.05, 0) is 11.6 Å². The van der Waals surface area contributed by atoms with Gasteiger partial charge in [0.2, 0.25) is 0 Å². The molecule has 0 aromatic heterocycles. The quantitative estimate of drug-likeness (QED) is 0.777. The number of hydrogen-bond acceptors (Lipinski definition) is 6. The van der Waals surface area contributed by atoms with Gasteiger partial charge in [0.25, 0.3) is 0 Å². The molecule has 0 saturated heterocycles. The fourth-order valence-electron chi connectivity index (χ4n) is 1.56. The van der Waals surface area contributed by atoms with Crippen LogP contribution in [0.2, 0.25) is 0 Å². The Balaban J connectivity index is 3.56. The Morgan fingerprint density at radius 3 is 2.17 bits per heavy atom. The SMILES string of the molecule is CONCc1cccc(S(C)(=O)=O)c1S(C)(=O)=O. The van der Waals surface area contributed by atoms with Gasteiger partial charge in [0, 0.05) is 19.1 Å².